The number of benzene rings is 1. The third-order valence-corrected chi connectivity index (χ3v) is 2.86. The van der Waals surface area contributed by atoms with E-state index in [1.54, 1.807) is 0 Å². The molecule has 0 saturated carbocycles. The van der Waals surface area contributed by atoms with Crippen LogP contribution in [-0.4, -0.2) is 17.3 Å². The molecule has 0 spiro atoms. The fraction of sp³-hybridized carbons (Fsp3) is 0.300. The molecule has 0 saturated heterocycles. The fourth-order valence-corrected chi connectivity index (χ4v) is 1.63. The average molecular weight is 287 g/mol. The van der Waals surface area contributed by atoms with E-state index in [2.05, 4.69) is 0 Å². The maximum Gasteiger partial charge on any atom is 0.396 e. The Labute approximate surface area is 105 Å². The van der Waals surface area contributed by atoms with Crippen molar-refractivity contribution in [1.82, 2.24) is 0 Å². The molecule has 0 radical (unpaired) electrons. The molecule has 1 aromatic rings. The van der Waals surface area contributed by atoms with Crippen molar-refractivity contribution < 1.29 is 23.1 Å². The van der Waals surface area contributed by atoms with Crippen LogP contribution >= 0.6 is 23.2 Å². The molecule has 7 heteroatoms. The topological polar surface area (TPSA) is 37.3 Å². The van der Waals surface area contributed by atoms with Crippen LogP contribution in [0.1, 0.15) is 17.9 Å². The SMILES string of the molecule is O=C(O)CC(c1ccc(Cl)c(Cl)c1)C(F)(F)F. The minimum atomic E-state index is -4.64. The molecule has 0 amide bonds. The van der Waals surface area contributed by atoms with E-state index in [-0.39, 0.29) is 15.6 Å². The predicted octanol–water partition coefficient (Wildman–Crippen LogP) is 4.11. The van der Waals surface area contributed by atoms with Gasteiger partial charge in [-0.3, -0.25) is 4.79 Å². The van der Waals surface area contributed by atoms with Gasteiger partial charge < -0.3 is 5.11 Å². The molecular formula is C10H7Cl2F3O2. The number of carboxylic acids is 1. The molecule has 0 aromatic heterocycles. The minimum absolute atomic E-state index is 0.0381. The maximum atomic E-state index is 12.7. The largest absolute Gasteiger partial charge is 0.481 e. The molecule has 0 aliphatic rings. The smallest absolute Gasteiger partial charge is 0.396 e. The lowest BCUT2D eigenvalue weighted by atomic mass is 9.95. The van der Waals surface area contributed by atoms with E-state index in [0.717, 1.165) is 12.1 Å². The molecule has 2 nitrogen and oxygen atoms in total. The van der Waals surface area contributed by atoms with Gasteiger partial charge in [-0.15, -0.1) is 0 Å². The summed E-state index contributed by atoms with van der Waals surface area (Å²) in [6.07, 6.45) is -5.68. The fourth-order valence-electron chi connectivity index (χ4n) is 1.33. The second kappa shape index (κ2) is 5.14. The highest BCUT2D eigenvalue weighted by Gasteiger charge is 2.42. The first-order chi connectivity index (χ1) is 7.71. The van der Waals surface area contributed by atoms with Crippen LogP contribution in [0.5, 0.6) is 0 Å². The summed E-state index contributed by atoms with van der Waals surface area (Å²) in [5.41, 5.74) is -0.214. The van der Waals surface area contributed by atoms with Crippen LogP contribution < -0.4 is 0 Å². The number of alkyl halides is 3. The second-order valence-corrected chi connectivity index (χ2v) is 4.18. The van der Waals surface area contributed by atoms with Crippen LogP contribution in [0.3, 0.4) is 0 Å². The highest BCUT2D eigenvalue weighted by Crippen LogP contribution is 2.39. The van der Waals surface area contributed by atoms with Crippen molar-refractivity contribution >= 4 is 29.2 Å². The maximum absolute atomic E-state index is 12.7. The molecule has 1 N–H and O–H groups in total. The van der Waals surface area contributed by atoms with Crippen LogP contribution in [0.2, 0.25) is 10.0 Å². The Morgan fingerprint density at radius 2 is 1.88 bits per heavy atom. The molecule has 1 aromatic carbocycles. The number of aliphatic carboxylic acids is 1. The molecule has 0 aliphatic heterocycles. The van der Waals surface area contributed by atoms with Crippen molar-refractivity contribution in [3.63, 3.8) is 0 Å². The summed E-state index contributed by atoms with van der Waals surface area (Å²) in [4.78, 5) is 10.4. The van der Waals surface area contributed by atoms with Gasteiger partial charge in [0.25, 0.3) is 0 Å². The first-order valence-electron chi connectivity index (χ1n) is 4.45. The molecule has 1 rings (SSSR count). The monoisotopic (exact) mass is 286 g/mol. The lowest BCUT2D eigenvalue weighted by Crippen LogP contribution is -2.23. The standard InChI is InChI=1S/C10H7Cl2F3O2/c11-7-2-1-5(3-8(7)12)6(4-9(16)17)10(13,14)15/h1-3,6H,4H2,(H,16,17). The van der Waals surface area contributed by atoms with Crippen LogP contribution in [0.4, 0.5) is 13.2 Å². The summed E-state index contributed by atoms with van der Waals surface area (Å²) in [7, 11) is 0. The molecule has 94 valence electrons. The lowest BCUT2D eigenvalue weighted by molar-refractivity contribution is -0.163. The van der Waals surface area contributed by atoms with Gasteiger partial charge in [-0.2, -0.15) is 13.2 Å². The minimum Gasteiger partial charge on any atom is -0.481 e. The molecule has 0 fully saturated rings. The Hall–Kier alpha value is -0.940. The molecule has 0 bridgehead atoms. The van der Waals surface area contributed by atoms with Gasteiger partial charge in [0.15, 0.2) is 0 Å². The van der Waals surface area contributed by atoms with Crippen molar-refractivity contribution in [2.75, 3.05) is 0 Å². The zero-order valence-corrected chi connectivity index (χ0v) is 9.77. The van der Waals surface area contributed by atoms with E-state index in [1.807, 2.05) is 0 Å². The first-order valence-corrected chi connectivity index (χ1v) is 5.21. The molecule has 17 heavy (non-hydrogen) atoms. The van der Waals surface area contributed by atoms with Gasteiger partial charge in [0.05, 0.1) is 22.4 Å². The van der Waals surface area contributed by atoms with Crippen molar-refractivity contribution in [1.29, 1.82) is 0 Å². The van der Waals surface area contributed by atoms with Crippen LogP contribution in [-0.2, 0) is 4.79 Å². The number of carboxylic acid groups (broad SMARTS) is 1. The summed E-state index contributed by atoms with van der Waals surface area (Å²) < 4.78 is 38.0. The Balaban J connectivity index is 3.13. The van der Waals surface area contributed by atoms with E-state index < -0.39 is 24.5 Å². The molecule has 1 unspecified atom stereocenters. The Kier molecular flexibility index (Phi) is 4.27. The third-order valence-electron chi connectivity index (χ3n) is 2.12. The van der Waals surface area contributed by atoms with E-state index >= 15 is 0 Å². The molecule has 0 heterocycles. The first kappa shape index (κ1) is 14.1. The highest BCUT2D eigenvalue weighted by molar-refractivity contribution is 6.42. The van der Waals surface area contributed by atoms with Crippen molar-refractivity contribution in [2.24, 2.45) is 0 Å². The van der Waals surface area contributed by atoms with E-state index in [0.29, 0.717) is 0 Å². The van der Waals surface area contributed by atoms with Crippen molar-refractivity contribution in [3.05, 3.63) is 33.8 Å². The lowest BCUT2D eigenvalue weighted by Gasteiger charge is -2.19. The van der Waals surface area contributed by atoms with Gasteiger partial charge >= 0.3 is 12.1 Å². The quantitative estimate of drug-likeness (QED) is 0.908. The number of hydrogen-bond donors (Lipinski definition) is 1. The Morgan fingerprint density at radius 3 is 2.29 bits per heavy atom. The van der Waals surface area contributed by atoms with E-state index in [1.165, 1.54) is 6.07 Å². The summed E-state index contributed by atoms with van der Waals surface area (Å²) in [6, 6.07) is 3.36. The zero-order chi connectivity index (χ0) is 13.2. The molecule has 1 atom stereocenters. The average Bonchev–Trinajstić information content (AvgIpc) is 2.17. The van der Waals surface area contributed by atoms with Gasteiger partial charge in [0.1, 0.15) is 0 Å². The van der Waals surface area contributed by atoms with Gasteiger partial charge in [-0.25, -0.2) is 0 Å². The van der Waals surface area contributed by atoms with Gasteiger partial charge in [-0.1, -0.05) is 29.3 Å². The van der Waals surface area contributed by atoms with Gasteiger partial charge in [-0.05, 0) is 17.7 Å². The number of rotatable bonds is 3. The predicted molar refractivity (Wildman–Crippen MR) is 57.5 cm³/mol. The number of hydrogen-bond acceptors (Lipinski definition) is 1. The second-order valence-electron chi connectivity index (χ2n) is 3.37. The zero-order valence-electron chi connectivity index (χ0n) is 8.26. The van der Waals surface area contributed by atoms with E-state index in [9.17, 15) is 18.0 Å². The summed E-state index contributed by atoms with van der Waals surface area (Å²) in [5.74, 6) is -3.62. The van der Waals surface area contributed by atoms with E-state index in [4.69, 9.17) is 28.3 Å². The Morgan fingerprint density at radius 1 is 1.29 bits per heavy atom. The third kappa shape index (κ3) is 3.78. The summed E-state index contributed by atoms with van der Waals surface area (Å²) in [6.45, 7) is 0. The molecular weight excluding hydrogens is 280 g/mol. The van der Waals surface area contributed by atoms with Crippen molar-refractivity contribution in [3.8, 4) is 0 Å². The van der Waals surface area contributed by atoms with Gasteiger partial charge in [0.2, 0.25) is 0 Å². The van der Waals surface area contributed by atoms with Gasteiger partial charge in [0, 0.05) is 0 Å². The van der Waals surface area contributed by atoms with Crippen LogP contribution in [0, 0.1) is 0 Å². The van der Waals surface area contributed by atoms with Crippen LogP contribution in [0.25, 0.3) is 0 Å². The van der Waals surface area contributed by atoms with Crippen LogP contribution in [0.15, 0.2) is 18.2 Å². The summed E-state index contributed by atoms with van der Waals surface area (Å²) >= 11 is 11.2. The number of carbonyl (C=O) groups is 1. The Bertz CT molecular complexity index is 432. The highest BCUT2D eigenvalue weighted by atomic mass is 35.5. The number of halogens is 5. The molecule has 0 aliphatic carbocycles. The normalized spacial score (nSPS) is 13.5. The van der Waals surface area contributed by atoms with Crippen molar-refractivity contribution in [2.45, 2.75) is 18.5 Å². The summed E-state index contributed by atoms with van der Waals surface area (Å²) in [5, 5.41) is 8.55.